The Morgan fingerprint density at radius 3 is 2.64 bits per heavy atom. The summed E-state index contributed by atoms with van der Waals surface area (Å²) < 4.78 is 0. The molecule has 74 valence electrons. The van der Waals surface area contributed by atoms with Crippen molar-refractivity contribution in [2.24, 2.45) is 10.8 Å². The van der Waals surface area contributed by atoms with Crippen LogP contribution in [-0.2, 0) is 6.42 Å². The van der Waals surface area contributed by atoms with Crippen molar-refractivity contribution in [3.05, 3.63) is 45.3 Å². The van der Waals surface area contributed by atoms with Gasteiger partial charge in [-0.05, 0) is 29.6 Å². The minimum atomic E-state index is -0.132. The molecule has 0 spiro atoms. The van der Waals surface area contributed by atoms with Gasteiger partial charge in [-0.25, -0.2) is 0 Å². The van der Waals surface area contributed by atoms with Crippen LogP contribution in [-0.4, -0.2) is 12.6 Å². The summed E-state index contributed by atoms with van der Waals surface area (Å²) in [6.45, 7) is 0.319. The van der Waals surface area contributed by atoms with E-state index >= 15 is 0 Å². The normalized spacial score (nSPS) is 11.9. The first-order chi connectivity index (χ1) is 6.72. The second-order valence-electron chi connectivity index (χ2n) is 3.00. The van der Waals surface area contributed by atoms with E-state index in [1.807, 2.05) is 24.3 Å². The summed E-state index contributed by atoms with van der Waals surface area (Å²) in [6, 6.07) is 7.33. The molecule has 4 nitrogen and oxygen atoms in total. The van der Waals surface area contributed by atoms with E-state index in [-0.39, 0.29) is 6.04 Å². The minimum absolute atomic E-state index is 0.132. The molecule has 0 aliphatic rings. The smallest absolute Gasteiger partial charge is 0.0413 e. The number of nitrogens with zero attached hydrogens (tertiary/aromatic N) is 3. The Morgan fingerprint density at radius 2 is 2.07 bits per heavy atom. The summed E-state index contributed by atoms with van der Waals surface area (Å²) >= 11 is 5.73. The highest BCUT2D eigenvalue weighted by atomic mass is 35.5. The molecule has 0 amide bonds. The van der Waals surface area contributed by atoms with Crippen LogP contribution in [0, 0.1) is 0 Å². The van der Waals surface area contributed by atoms with Crippen molar-refractivity contribution < 1.29 is 0 Å². The maximum Gasteiger partial charge on any atom is 0.0413 e. The lowest BCUT2D eigenvalue weighted by Crippen LogP contribution is -2.25. The number of halogens is 1. The molecule has 0 aliphatic carbocycles. The lowest BCUT2D eigenvalue weighted by Gasteiger charge is -2.07. The zero-order valence-corrected chi connectivity index (χ0v) is 8.35. The number of nitrogens with two attached hydrogens (primary N) is 1. The van der Waals surface area contributed by atoms with Crippen molar-refractivity contribution in [3.8, 4) is 0 Å². The van der Waals surface area contributed by atoms with Gasteiger partial charge in [0.05, 0.1) is 0 Å². The van der Waals surface area contributed by atoms with E-state index in [0.29, 0.717) is 18.0 Å². The van der Waals surface area contributed by atoms with E-state index in [2.05, 4.69) is 10.0 Å². The van der Waals surface area contributed by atoms with Gasteiger partial charge in [-0.2, -0.15) is 0 Å². The lowest BCUT2D eigenvalue weighted by molar-refractivity contribution is 0.676. The zero-order valence-electron chi connectivity index (χ0n) is 7.60. The molecule has 0 heterocycles. The standard InChI is InChI=1S/C9H11ClN4/c10-8-3-1-7(2-4-8)5-9(11)6-13-14-12/h1-4,9H,5-6,11H2. The van der Waals surface area contributed by atoms with Gasteiger partial charge in [0.25, 0.3) is 0 Å². The third-order valence-corrected chi connectivity index (χ3v) is 2.04. The predicted molar refractivity (Wildman–Crippen MR) is 57.1 cm³/mol. The zero-order chi connectivity index (χ0) is 10.4. The summed E-state index contributed by atoms with van der Waals surface area (Å²) in [5.41, 5.74) is 14.9. The molecular formula is C9H11ClN4. The molecule has 14 heavy (non-hydrogen) atoms. The molecular weight excluding hydrogens is 200 g/mol. The van der Waals surface area contributed by atoms with Gasteiger partial charge in [0, 0.05) is 22.5 Å². The second kappa shape index (κ2) is 5.50. The highest BCUT2D eigenvalue weighted by molar-refractivity contribution is 6.30. The van der Waals surface area contributed by atoms with Gasteiger partial charge in [0.1, 0.15) is 0 Å². The number of azide groups is 1. The molecule has 0 aromatic heterocycles. The van der Waals surface area contributed by atoms with Crippen molar-refractivity contribution in [1.29, 1.82) is 0 Å². The number of rotatable bonds is 4. The van der Waals surface area contributed by atoms with E-state index in [9.17, 15) is 0 Å². The van der Waals surface area contributed by atoms with Gasteiger partial charge in [0.2, 0.25) is 0 Å². The molecule has 0 saturated carbocycles. The average molecular weight is 211 g/mol. The molecule has 1 atom stereocenters. The summed E-state index contributed by atoms with van der Waals surface area (Å²) in [7, 11) is 0. The third kappa shape index (κ3) is 3.66. The summed E-state index contributed by atoms with van der Waals surface area (Å²) in [4.78, 5) is 2.66. The van der Waals surface area contributed by atoms with Crippen LogP contribution in [0.3, 0.4) is 0 Å². The first-order valence-corrected chi connectivity index (χ1v) is 4.61. The number of hydrogen-bond donors (Lipinski definition) is 1. The van der Waals surface area contributed by atoms with Crippen molar-refractivity contribution in [2.45, 2.75) is 12.5 Å². The van der Waals surface area contributed by atoms with E-state index in [1.54, 1.807) is 0 Å². The monoisotopic (exact) mass is 210 g/mol. The highest BCUT2D eigenvalue weighted by Crippen LogP contribution is 2.10. The van der Waals surface area contributed by atoms with E-state index in [4.69, 9.17) is 22.9 Å². The molecule has 1 rings (SSSR count). The average Bonchev–Trinajstić information content (AvgIpc) is 2.18. The van der Waals surface area contributed by atoms with E-state index < -0.39 is 0 Å². The van der Waals surface area contributed by atoms with Crippen molar-refractivity contribution in [2.75, 3.05) is 6.54 Å². The van der Waals surface area contributed by atoms with Crippen molar-refractivity contribution in [1.82, 2.24) is 0 Å². The lowest BCUT2D eigenvalue weighted by atomic mass is 10.1. The minimum Gasteiger partial charge on any atom is -0.327 e. The topological polar surface area (TPSA) is 74.8 Å². The SMILES string of the molecule is [N-]=[N+]=NCC(N)Cc1ccc(Cl)cc1. The van der Waals surface area contributed by atoms with Crippen molar-refractivity contribution in [3.63, 3.8) is 0 Å². The van der Waals surface area contributed by atoms with Gasteiger partial charge >= 0.3 is 0 Å². The molecule has 1 aromatic rings. The Kier molecular flexibility index (Phi) is 4.26. The van der Waals surface area contributed by atoms with Crippen molar-refractivity contribution >= 4 is 11.6 Å². The second-order valence-corrected chi connectivity index (χ2v) is 3.44. The van der Waals surface area contributed by atoms with Crippen LogP contribution in [0.1, 0.15) is 5.56 Å². The van der Waals surface area contributed by atoms with Crippen LogP contribution >= 0.6 is 11.6 Å². The predicted octanol–water partition coefficient (Wildman–Crippen LogP) is 2.52. The molecule has 0 aliphatic heterocycles. The van der Waals surface area contributed by atoms with Crippen LogP contribution in [0.25, 0.3) is 10.4 Å². The fraction of sp³-hybridized carbons (Fsp3) is 0.333. The first kappa shape index (κ1) is 10.9. The largest absolute Gasteiger partial charge is 0.327 e. The quantitative estimate of drug-likeness (QED) is 0.463. The number of hydrogen-bond acceptors (Lipinski definition) is 2. The maximum atomic E-state index is 8.10. The molecule has 0 saturated heterocycles. The molecule has 1 aromatic carbocycles. The highest BCUT2D eigenvalue weighted by Gasteiger charge is 2.02. The summed E-state index contributed by atoms with van der Waals surface area (Å²) in [5, 5.41) is 4.12. The molecule has 1 unspecified atom stereocenters. The Balaban J connectivity index is 2.51. The fourth-order valence-electron chi connectivity index (χ4n) is 1.13. The Labute approximate surface area is 87.3 Å². The van der Waals surface area contributed by atoms with Crippen LogP contribution in [0.4, 0.5) is 0 Å². The third-order valence-electron chi connectivity index (χ3n) is 1.79. The van der Waals surface area contributed by atoms with Gasteiger partial charge in [-0.3, -0.25) is 0 Å². The van der Waals surface area contributed by atoms with Crippen LogP contribution in [0.5, 0.6) is 0 Å². The summed E-state index contributed by atoms with van der Waals surface area (Å²) in [6.07, 6.45) is 0.691. The van der Waals surface area contributed by atoms with E-state index in [0.717, 1.165) is 5.56 Å². The summed E-state index contributed by atoms with van der Waals surface area (Å²) in [5.74, 6) is 0. The molecule has 5 heteroatoms. The molecule has 0 fully saturated rings. The van der Waals surface area contributed by atoms with Crippen LogP contribution < -0.4 is 5.73 Å². The Morgan fingerprint density at radius 1 is 1.43 bits per heavy atom. The van der Waals surface area contributed by atoms with Gasteiger partial charge in [-0.1, -0.05) is 28.8 Å². The Bertz CT molecular complexity index is 329. The first-order valence-electron chi connectivity index (χ1n) is 4.23. The van der Waals surface area contributed by atoms with Gasteiger partial charge < -0.3 is 5.73 Å². The van der Waals surface area contributed by atoms with Crippen LogP contribution in [0.15, 0.2) is 29.4 Å². The van der Waals surface area contributed by atoms with Gasteiger partial charge in [-0.15, -0.1) is 0 Å². The molecule has 0 radical (unpaired) electrons. The van der Waals surface area contributed by atoms with Gasteiger partial charge in [0.15, 0.2) is 0 Å². The fourth-order valence-corrected chi connectivity index (χ4v) is 1.26. The van der Waals surface area contributed by atoms with E-state index in [1.165, 1.54) is 0 Å². The van der Waals surface area contributed by atoms with Crippen LogP contribution in [0.2, 0.25) is 5.02 Å². The molecule has 2 N–H and O–H groups in total. The maximum absolute atomic E-state index is 8.10. The molecule has 0 bridgehead atoms. The number of benzene rings is 1. The Hall–Kier alpha value is -1.22.